The molecule has 0 aliphatic heterocycles. The molecule has 1 aromatic carbocycles. The van der Waals surface area contributed by atoms with E-state index in [0.29, 0.717) is 5.56 Å². The average Bonchev–Trinajstić information content (AvgIpc) is 2.78. The van der Waals surface area contributed by atoms with Crippen molar-refractivity contribution in [1.82, 2.24) is 0 Å². The Kier molecular flexibility index (Phi) is 4.01. The summed E-state index contributed by atoms with van der Waals surface area (Å²) in [6.45, 7) is 1.79. The molecular formula is C14H10FNO3S. The Hall–Kier alpha value is -2.39. The highest BCUT2D eigenvalue weighted by atomic mass is 32.1. The summed E-state index contributed by atoms with van der Waals surface area (Å²) in [4.78, 5) is 12.0. The molecule has 0 atom stereocenters. The summed E-state index contributed by atoms with van der Waals surface area (Å²) in [5.41, 5.74) is 0.683. The van der Waals surface area contributed by atoms with Crippen LogP contribution in [0.2, 0.25) is 0 Å². The van der Waals surface area contributed by atoms with E-state index in [2.05, 4.69) is 0 Å². The second-order valence-corrected chi connectivity index (χ2v) is 5.31. The van der Waals surface area contributed by atoms with Gasteiger partial charge in [0.1, 0.15) is 18.2 Å². The molecule has 102 valence electrons. The zero-order chi connectivity index (χ0) is 14.7. The molecule has 2 aromatic rings. The summed E-state index contributed by atoms with van der Waals surface area (Å²) in [5.74, 6) is -1.30. The Morgan fingerprint density at radius 1 is 1.50 bits per heavy atom. The van der Waals surface area contributed by atoms with Crippen LogP contribution in [-0.4, -0.2) is 11.1 Å². The van der Waals surface area contributed by atoms with Crippen LogP contribution in [0.25, 0.3) is 0 Å². The number of nitriles is 1. The summed E-state index contributed by atoms with van der Waals surface area (Å²) in [6, 6.07) is 7.32. The van der Waals surface area contributed by atoms with Gasteiger partial charge < -0.3 is 9.84 Å². The fraction of sp³-hybridized carbons (Fsp3) is 0.143. The molecule has 1 N–H and O–H groups in total. The number of hydrogen-bond donors (Lipinski definition) is 1. The molecule has 0 spiro atoms. The maximum Gasteiger partial charge on any atom is 0.349 e. The van der Waals surface area contributed by atoms with Gasteiger partial charge in [-0.25, -0.2) is 9.18 Å². The zero-order valence-electron chi connectivity index (χ0n) is 10.5. The summed E-state index contributed by atoms with van der Waals surface area (Å²) < 4.78 is 18.4. The summed E-state index contributed by atoms with van der Waals surface area (Å²) in [5, 5.41) is 18.0. The number of aromatic carboxylic acids is 1. The maximum atomic E-state index is 13.0. The molecule has 6 heteroatoms. The number of hydrogen-bond acceptors (Lipinski definition) is 4. The third-order valence-electron chi connectivity index (χ3n) is 2.59. The molecule has 20 heavy (non-hydrogen) atoms. The third kappa shape index (κ3) is 2.95. The molecule has 0 bridgehead atoms. The van der Waals surface area contributed by atoms with E-state index in [1.165, 1.54) is 12.1 Å². The molecule has 4 nitrogen and oxygen atoms in total. The van der Waals surface area contributed by atoms with Crippen molar-refractivity contribution < 1.29 is 19.0 Å². The Labute approximate surface area is 118 Å². The van der Waals surface area contributed by atoms with Crippen LogP contribution in [0.1, 0.15) is 25.7 Å². The summed E-state index contributed by atoms with van der Waals surface area (Å²) in [7, 11) is 0. The Morgan fingerprint density at radius 3 is 2.90 bits per heavy atom. The van der Waals surface area contributed by atoms with Crippen LogP contribution in [0.3, 0.4) is 0 Å². The number of nitrogens with zero attached hydrogens (tertiary/aromatic N) is 1. The topological polar surface area (TPSA) is 70.3 Å². The molecular weight excluding hydrogens is 281 g/mol. The highest BCUT2D eigenvalue weighted by Gasteiger charge is 2.16. The van der Waals surface area contributed by atoms with Crippen molar-refractivity contribution in [3.05, 3.63) is 51.0 Å². The number of carbonyl (C=O) groups is 1. The van der Waals surface area contributed by atoms with E-state index in [1.807, 2.05) is 6.07 Å². The zero-order valence-corrected chi connectivity index (χ0v) is 11.3. The SMILES string of the molecule is Cc1cc(OCc2ccc(F)cc2C#N)c(C(=O)O)s1. The van der Waals surface area contributed by atoms with Crippen LogP contribution in [0.5, 0.6) is 5.75 Å². The van der Waals surface area contributed by atoms with E-state index >= 15 is 0 Å². The van der Waals surface area contributed by atoms with E-state index in [0.717, 1.165) is 22.3 Å². The molecule has 0 unspecified atom stereocenters. The largest absolute Gasteiger partial charge is 0.487 e. The smallest absolute Gasteiger partial charge is 0.349 e. The van der Waals surface area contributed by atoms with Gasteiger partial charge in [-0.05, 0) is 25.1 Å². The number of thiophene rings is 1. The lowest BCUT2D eigenvalue weighted by atomic mass is 10.1. The van der Waals surface area contributed by atoms with Crippen molar-refractivity contribution in [2.75, 3.05) is 0 Å². The van der Waals surface area contributed by atoms with E-state index in [9.17, 15) is 9.18 Å². The molecule has 0 radical (unpaired) electrons. The van der Waals surface area contributed by atoms with Crippen LogP contribution in [0.4, 0.5) is 4.39 Å². The van der Waals surface area contributed by atoms with Gasteiger partial charge in [-0.15, -0.1) is 11.3 Å². The lowest BCUT2D eigenvalue weighted by molar-refractivity contribution is 0.0697. The van der Waals surface area contributed by atoms with Gasteiger partial charge in [0.15, 0.2) is 4.88 Å². The summed E-state index contributed by atoms with van der Waals surface area (Å²) >= 11 is 1.12. The lowest BCUT2D eigenvalue weighted by Crippen LogP contribution is -2.02. The molecule has 2 rings (SSSR count). The first-order valence-corrected chi connectivity index (χ1v) is 6.48. The summed E-state index contributed by atoms with van der Waals surface area (Å²) in [6.07, 6.45) is 0. The lowest BCUT2D eigenvalue weighted by Gasteiger charge is -2.07. The minimum absolute atomic E-state index is 0.0135. The quantitative estimate of drug-likeness (QED) is 0.937. The molecule has 0 saturated carbocycles. The van der Waals surface area contributed by atoms with Crippen LogP contribution >= 0.6 is 11.3 Å². The molecule has 0 aliphatic carbocycles. The molecule has 0 fully saturated rings. The number of benzene rings is 1. The number of aryl methyl sites for hydroxylation is 1. The van der Waals surface area contributed by atoms with Crippen LogP contribution in [-0.2, 0) is 6.61 Å². The predicted molar refractivity (Wildman–Crippen MR) is 71.5 cm³/mol. The van der Waals surface area contributed by atoms with Gasteiger partial charge in [0.05, 0.1) is 11.6 Å². The van der Waals surface area contributed by atoms with Gasteiger partial charge in [0.2, 0.25) is 0 Å². The van der Waals surface area contributed by atoms with Crippen molar-refractivity contribution in [3.8, 4) is 11.8 Å². The van der Waals surface area contributed by atoms with Gasteiger partial charge >= 0.3 is 5.97 Å². The first kappa shape index (κ1) is 14.0. The van der Waals surface area contributed by atoms with Crippen molar-refractivity contribution in [2.45, 2.75) is 13.5 Å². The van der Waals surface area contributed by atoms with Crippen molar-refractivity contribution in [2.24, 2.45) is 0 Å². The minimum atomic E-state index is -1.06. The molecule has 0 saturated heterocycles. The number of rotatable bonds is 4. The van der Waals surface area contributed by atoms with E-state index < -0.39 is 11.8 Å². The van der Waals surface area contributed by atoms with Gasteiger partial charge in [-0.1, -0.05) is 6.07 Å². The normalized spacial score (nSPS) is 10.1. The second kappa shape index (κ2) is 5.72. The van der Waals surface area contributed by atoms with Gasteiger partial charge in [-0.2, -0.15) is 5.26 Å². The monoisotopic (exact) mass is 291 g/mol. The Morgan fingerprint density at radius 2 is 2.25 bits per heavy atom. The minimum Gasteiger partial charge on any atom is -0.487 e. The molecule has 0 amide bonds. The van der Waals surface area contributed by atoms with Gasteiger partial charge in [0.25, 0.3) is 0 Å². The van der Waals surface area contributed by atoms with Crippen LogP contribution < -0.4 is 4.74 Å². The van der Waals surface area contributed by atoms with Crippen LogP contribution in [0, 0.1) is 24.1 Å². The van der Waals surface area contributed by atoms with Crippen molar-refractivity contribution >= 4 is 17.3 Å². The molecule has 1 heterocycles. The van der Waals surface area contributed by atoms with E-state index in [4.69, 9.17) is 15.1 Å². The van der Waals surface area contributed by atoms with Gasteiger partial charge in [0, 0.05) is 10.4 Å². The first-order chi connectivity index (χ1) is 9.51. The maximum absolute atomic E-state index is 13.0. The van der Waals surface area contributed by atoms with Crippen molar-refractivity contribution in [1.29, 1.82) is 5.26 Å². The number of ether oxygens (including phenoxy) is 1. The highest BCUT2D eigenvalue weighted by Crippen LogP contribution is 2.29. The Balaban J connectivity index is 2.21. The average molecular weight is 291 g/mol. The van der Waals surface area contributed by atoms with Crippen molar-refractivity contribution in [3.63, 3.8) is 0 Å². The van der Waals surface area contributed by atoms with E-state index in [-0.39, 0.29) is 22.8 Å². The Bertz CT molecular complexity index is 703. The molecule has 1 aromatic heterocycles. The predicted octanol–water partition coefficient (Wildman–Crippen LogP) is 3.34. The van der Waals surface area contributed by atoms with Gasteiger partial charge in [-0.3, -0.25) is 0 Å². The fourth-order valence-corrected chi connectivity index (χ4v) is 2.47. The number of halogens is 1. The third-order valence-corrected chi connectivity index (χ3v) is 3.61. The fourth-order valence-electron chi connectivity index (χ4n) is 1.68. The van der Waals surface area contributed by atoms with E-state index in [1.54, 1.807) is 13.0 Å². The molecule has 0 aliphatic rings. The highest BCUT2D eigenvalue weighted by molar-refractivity contribution is 7.14. The number of carboxylic acids is 1. The van der Waals surface area contributed by atoms with Crippen LogP contribution in [0.15, 0.2) is 24.3 Å². The second-order valence-electron chi connectivity index (χ2n) is 4.06. The first-order valence-electron chi connectivity index (χ1n) is 5.66. The standard InChI is InChI=1S/C14H10FNO3S/c1-8-4-12(13(20-8)14(17)18)19-7-9-2-3-11(15)5-10(9)6-16/h2-5H,7H2,1H3,(H,17,18). The number of carboxylic acid groups (broad SMARTS) is 1.